The van der Waals surface area contributed by atoms with E-state index in [-0.39, 0.29) is 34.9 Å². The number of fused-ring (bicyclic) bond motifs is 1. The van der Waals surface area contributed by atoms with Crippen molar-refractivity contribution in [1.29, 1.82) is 0 Å². The first-order chi connectivity index (χ1) is 28.7. The fraction of sp³-hybridized carbons (Fsp3) is 0.163. The molecule has 6 rings (SSSR count). The van der Waals surface area contributed by atoms with E-state index in [2.05, 4.69) is 26.3 Å². The summed E-state index contributed by atoms with van der Waals surface area (Å²) in [6.45, 7) is 9.43. The van der Waals surface area contributed by atoms with E-state index in [4.69, 9.17) is 42.9 Å². The molecule has 1 heterocycles. The molecule has 0 saturated heterocycles. The number of nitrogens with one attached hydrogen (secondary N) is 4. The lowest BCUT2D eigenvalue weighted by atomic mass is 10.1. The molecule has 322 valence electrons. The smallest absolute Gasteiger partial charge is 0.337 e. The molecule has 1 aromatic heterocycles. The molecule has 0 aliphatic carbocycles. The van der Waals surface area contributed by atoms with Crippen LogP contribution in [-0.2, 0) is 19.2 Å². The van der Waals surface area contributed by atoms with E-state index in [0.29, 0.717) is 45.8 Å². The van der Waals surface area contributed by atoms with Gasteiger partial charge in [-0.1, -0.05) is 0 Å². The molecule has 6 aromatic rings. The van der Waals surface area contributed by atoms with Gasteiger partial charge >= 0.3 is 5.97 Å². The molecular formula is C43H52N10O8. The normalized spacial score (nSPS) is 9.62. The van der Waals surface area contributed by atoms with E-state index in [1.165, 1.54) is 53.0 Å². The number of aromatic nitrogens is 1. The fourth-order valence-electron chi connectivity index (χ4n) is 4.87. The number of carbonyl (C=O) groups is 5. The number of carboxylic acid groups (broad SMARTS) is 1. The predicted octanol–water partition coefficient (Wildman–Crippen LogP) is 6.64. The number of hydrogen-bond acceptors (Lipinski definition) is 13. The van der Waals surface area contributed by atoms with Gasteiger partial charge in [0.1, 0.15) is 11.3 Å². The highest BCUT2D eigenvalue weighted by Gasteiger charge is 2.11. The summed E-state index contributed by atoms with van der Waals surface area (Å²) in [5, 5.41) is 19.2. The molecule has 0 atom stereocenters. The van der Waals surface area contributed by atoms with E-state index >= 15 is 0 Å². The Morgan fingerprint density at radius 2 is 1.05 bits per heavy atom. The quantitative estimate of drug-likeness (QED) is 0.0786. The number of methoxy groups -OCH3 is 1. The van der Waals surface area contributed by atoms with E-state index in [1.807, 2.05) is 32.0 Å². The number of nitrogens with two attached hydrogens (primary N) is 5. The average Bonchev–Trinajstić information content (AvgIpc) is 3.54. The van der Waals surface area contributed by atoms with Crippen LogP contribution in [0.5, 0.6) is 5.75 Å². The molecule has 5 aromatic carbocycles. The molecule has 18 nitrogen and oxygen atoms in total. The van der Waals surface area contributed by atoms with Gasteiger partial charge in [-0.2, -0.15) is 0 Å². The summed E-state index contributed by atoms with van der Waals surface area (Å²) in [4.78, 5) is 57.6. The Balaban J connectivity index is 0.000000263. The number of carbonyl (C=O) groups excluding carboxylic acids is 4. The number of aryl methyl sites for hydroxylation is 2. The summed E-state index contributed by atoms with van der Waals surface area (Å²) in [6, 6.07) is 27.2. The summed E-state index contributed by atoms with van der Waals surface area (Å²) in [5.41, 5.74) is 35.6. The van der Waals surface area contributed by atoms with Crippen molar-refractivity contribution in [2.45, 2.75) is 41.5 Å². The minimum absolute atomic E-state index is 0.0137. The van der Waals surface area contributed by atoms with Crippen molar-refractivity contribution in [3.05, 3.63) is 114 Å². The van der Waals surface area contributed by atoms with Crippen LogP contribution in [-0.4, -0.2) is 46.8 Å². The molecule has 0 saturated carbocycles. The van der Waals surface area contributed by atoms with Gasteiger partial charge < -0.3 is 64.2 Å². The molecule has 0 unspecified atom stereocenters. The molecule has 0 aliphatic rings. The van der Waals surface area contributed by atoms with Crippen LogP contribution in [0.1, 0.15) is 49.5 Å². The SMILES string of the molecule is CC(=O)Nc1ccc(N)cc1.CC(=O)Nc1ccc(N)cc1C.CC(=O)Nc1ccc(N)cc1C(=O)O.COc1cc(NC(C)=O)ccc1N.Cc1nc2ccc(N)cc2o1. The van der Waals surface area contributed by atoms with Gasteiger partial charge in [-0.3, -0.25) is 19.2 Å². The lowest BCUT2D eigenvalue weighted by Crippen LogP contribution is -2.11. The van der Waals surface area contributed by atoms with Gasteiger partial charge in [-0.15, -0.1) is 0 Å². The predicted molar refractivity (Wildman–Crippen MR) is 242 cm³/mol. The topological polar surface area (TPSA) is 319 Å². The Hall–Kier alpha value is -8.28. The van der Waals surface area contributed by atoms with Crippen LogP contribution in [0.4, 0.5) is 51.2 Å². The van der Waals surface area contributed by atoms with Crippen molar-refractivity contribution in [3.8, 4) is 5.75 Å². The second-order valence-corrected chi connectivity index (χ2v) is 12.9. The van der Waals surface area contributed by atoms with Gasteiger partial charge in [0.15, 0.2) is 11.5 Å². The maximum atomic E-state index is 10.7. The van der Waals surface area contributed by atoms with Crippen molar-refractivity contribution in [2.75, 3.05) is 57.0 Å². The van der Waals surface area contributed by atoms with Crippen molar-refractivity contribution in [1.82, 2.24) is 4.98 Å². The number of anilines is 9. The van der Waals surface area contributed by atoms with Crippen LogP contribution in [0.3, 0.4) is 0 Å². The Kier molecular flexibility index (Phi) is 19.1. The van der Waals surface area contributed by atoms with Gasteiger partial charge in [0, 0.05) is 86.6 Å². The Morgan fingerprint density at radius 3 is 1.59 bits per heavy atom. The zero-order valence-corrected chi connectivity index (χ0v) is 34.9. The largest absolute Gasteiger partial charge is 0.495 e. The molecule has 4 amide bonds. The van der Waals surface area contributed by atoms with Crippen molar-refractivity contribution in [3.63, 3.8) is 0 Å². The average molecular weight is 837 g/mol. The summed E-state index contributed by atoms with van der Waals surface area (Å²) in [7, 11) is 1.53. The third-order valence-electron chi connectivity index (χ3n) is 7.45. The number of carboxylic acids is 1. The van der Waals surface area contributed by atoms with E-state index in [1.54, 1.807) is 60.7 Å². The third-order valence-corrected chi connectivity index (χ3v) is 7.45. The first-order valence-electron chi connectivity index (χ1n) is 18.2. The summed E-state index contributed by atoms with van der Waals surface area (Å²) in [6.07, 6.45) is 0. The Labute approximate surface area is 352 Å². The van der Waals surface area contributed by atoms with Crippen LogP contribution in [0.25, 0.3) is 11.1 Å². The number of hydrogen-bond donors (Lipinski definition) is 10. The third kappa shape index (κ3) is 18.2. The van der Waals surface area contributed by atoms with E-state index in [0.717, 1.165) is 28.0 Å². The monoisotopic (exact) mass is 836 g/mol. The number of aromatic carboxylic acids is 1. The van der Waals surface area contributed by atoms with Crippen molar-refractivity contribution >= 4 is 91.9 Å². The standard InChI is InChI=1S/C9H10N2O3.C9H12N2O2.C9H12N2O.C8H8N2O.C8H10N2O/c1-5(12)11-8-3-2-6(10)4-7(8)9(13)14;1-6(12)11-7-3-4-8(10)9(5-7)13-2;1-6-5-8(10)3-4-9(6)11-7(2)12;1-5-10-7-3-2-6(9)4-8(7)11-5;1-6(11)10-8-4-2-7(9)3-5-8/h2-4H,10H2,1H3,(H,11,12)(H,13,14);3-5H,10H2,1-2H3,(H,11,12);3-5H,10H2,1-2H3,(H,11,12);2-4H,9H2,1H3;2-5H,9H2,1H3,(H,10,11). The Morgan fingerprint density at radius 1 is 0.574 bits per heavy atom. The number of ether oxygens (including phenoxy) is 1. The van der Waals surface area contributed by atoms with Gasteiger partial charge in [0.05, 0.1) is 24.0 Å². The lowest BCUT2D eigenvalue weighted by Gasteiger charge is -2.07. The molecule has 18 heteroatoms. The Bertz CT molecular complexity index is 2450. The molecule has 0 fully saturated rings. The van der Waals surface area contributed by atoms with Gasteiger partial charge in [0.2, 0.25) is 23.6 Å². The van der Waals surface area contributed by atoms with Crippen LogP contribution in [0.15, 0.2) is 101 Å². The van der Waals surface area contributed by atoms with Gasteiger partial charge in [-0.25, -0.2) is 9.78 Å². The molecule has 0 aliphatic heterocycles. The van der Waals surface area contributed by atoms with Gasteiger partial charge in [0.25, 0.3) is 0 Å². The zero-order chi connectivity index (χ0) is 45.8. The first kappa shape index (κ1) is 48.9. The minimum atomic E-state index is -1.12. The van der Waals surface area contributed by atoms with Crippen LogP contribution in [0, 0.1) is 13.8 Å². The zero-order valence-electron chi connectivity index (χ0n) is 34.9. The molecular weight excluding hydrogens is 785 g/mol. The maximum Gasteiger partial charge on any atom is 0.337 e. The highest BCUT2D eigenvalue weighted by Crippen LogP contribution is 2.25. The highest BCUT2D eigenvalue weighted by atomic mass is 16.5. The van der Waals surface area contributed by atoms with E-state index in [9.17, 15) is 24.0 Å². The van der Waals surface area contributed by atoms with Crippen LogP contribution < -0.4 is 54.7 Å². The summed E-state index contributed by atoms with van der Waals surface area (Å²) >= 11 is 0. The molecule has 15 N–H and O–H groups in total. The van der Waals surface area contributed by atoms with E-state index < -0.39 is 5.97 Å². The fourth-order valence-corrected chi connectivity index (χ4v) is 4.87. The molecule has 61 heavy (non-hydrogen) atoms. The van der Waals surface area contributed by atoms with Crippen molar-refractivity contribution in [2.24, 2.45) is 0 Å². The maximum absolute atomic E-state index is 10.7. The first-order valence-corrected chi connectivity index (χ1v) is 18.2. The number of oxazole rings is 1. The summed E-state index contributed by atoms with van der Waals surface area (Å²) < 4.78 is 10.2. The number of rotatable bonds is 6. The van der Waals surface area contributed by atoms with Gasteiger partial charge in [-0.05, 0) is 97.4 Å². The number of nitrogen functional groups attached to an aromatic ring is 5. The number of nitrogens with zero attached hydrogens (tertiary/aromatic N) is 1. The highest BCUT2D eigenvalue weighted by molar-refractivity contribution is 6.00. The molecule has 0 spiro atoms. The minimum Gasteiger partial charge on any atom is -0.495 e. The number of amides is 4. The lowest BCUT2D eigenvalue weighted by molar-refractivity contribution is -0.115. The second kappa shape index (κ2) is 23.8. The summed E-state index contributed by atoms with van der Waals surface area (Å²) in [5.74, 6) is -0.473. The number of benzene rings is 5. The van der Waals surface area contributed by atoms with Crippen LogP contribution in [0.2, 0.25) is 0 Å². The van der Waals surface area contributed by atoms with Crippen molar-refractivity contribution < 1.29 is 38.2 Å². The second-order valence-electron chi connectivity index (χ2n) is 12.9. The molecule has 0 bridgehead atoms. The van der Waals surface area contributed by atoms with Crippen LogP contribution >= 0.6 is 0 Å². The molecule has 0 radical (unpaired) electrons.